The molecular weight excluding hydrogens is 482 g/mol. The molecule has 1 spiro atoms. The lowest BCUT2D eigenvalue weighted by atomic mass is 9.84. The number of hydrogen-bond acceptors (Lipinski definition) is 6. The maximum atomic E-state index is 14.8. The molecule has 0 bridgehead atoms. The summed E-state index contributed by atoms with van der Waals surface area (Å²) >= 11 is 0. The molecule has 38 heavy (non-hydrogen) atoms. The largest absolute Gasteiger partial charge is 0.450 e. The van der Waals surface area contributed by atoms with Crippen LogP contribution in [0.1, 0.15) is 38.6 Å². The summed E-state index contributed by atoms with van der Waals surface area (Å²) in [5, 5.41) is 4.38. The highest BCUT2D eigenvalue weighted by Gasteiger charge is 2.66. The molecular formula is C30H21N3O5. The number of hydrogen-bond donors (Lipinski definition) is 0. The third-order valence-corrected chi connectivity index (χ3v) is 7.30. The summed E-state index contributed by atoms with van der Waals surface area (Å²) in [6.45, 7) is 3.94. The number of fused-ring (bicyclic) bond motifs is 5. The van der Waals surface area contributed by atoms with E-state index in [2.05, 4.69) is 5.16 Å². The molecule has 2 aromatic heterocycles. The molecule has 2 amide bonds. The van der Waals surface area contributed by atoms with Gasteiger partial charge in [0, 0.05) is 11.6 Å². The molecule has 2 aliphatic rings. The highest BCUT2D eigenvalue weighted by Crippen LogP contribution is 2.54. The Bertz CT molecular complexity index is 1870. The van der Waals surface area contributed by atoms with Gasteiger partial charge in [-0.1, -0.05) is 65.3 Å². The molecule has 0 aliphatic carbocycles. The number of para-hydroxylation sites is 2. The van der Waals surface area contributed by atoms with Gasteiger partial charge in [-0.15, -0.1) is 0 Å². The van der Waals surface area contributed by atoms with E-state index >= 15 is 0 Å². The van der Waals surface area contributed by atoms with E-state index in [-0.39, 0.29) is 29.3 Å². The number of carbonyl (C=O) groups is 2. The first kappa shape index (κ1) is 22.2. The smallest absolute Gasteiger partial charge is 0.297 e. The van der Waals surface area contributed by atoms with E-state index in [9.17, 15) is 14.4 Å². The molecule has 7 rings (SSSR count). The van der Waals surface area contributed by atoms with Gasteiger partial charge in [0.1, 0.15) is 11.3 Å². The summed E-state index contributed by atoms with van der Waals surface area (Å²) in [5.41, 5.74) is 1.12. The summed E-state index contributed by atoms with van der Waals surface area (Å²) in [4.78, 5) is 45.8. The number of anilines is 2. The summed E-state index contributed by atoms with van der Waals surface area (Å²) in [6, 6.07) is 23.4. The fourth-order valence-corrected chi connectivity index (χ4v) is 5.76. The number of benzene rings is 3. The average Bonchev–Trinajstić information content (AvgIpc) is 3.53. The second-order valence-corrected chi connectivity index (χ2v) is 9.68. The van der Waals surface area contributed by atoms with Crippen LogP contribution in [-0.2, 0) is 16.9 Å². The van der Waals surface area contributed by atoms with Gasteiger partial charge in [-0.2, -0.15) is 0 Å². The van der Waals surface area contributed by atoms with E-state index in [4.69, 9.17) is 8.94 Å². The van der Waals surface area contributed by atoms with Crippen LogP contribution in [0, 0.1) is 13.8 Å². The molecule has 4 heterocycles. The van der Waals surface area contributed by atoms with Crippen molar-refractivity contribution in [3.8, 4) is 0 Å². The first-order valence-corrected chi connectivity index (χ1v) is 12.2. The standard InChI is InChI=1S/C30H21N3O5/c1-17-8-7-9-19(14-17)16-32-22-12-5-4-11-21(22)30(29(32)36)25-26(34)20-10-3-6-13-23(20)37-27(25)28(35)33(30)24-15-18(2)38-31-24/h3-15H,16H2,1-2H3. The third-order valence-electron chi connectivity index (χ3n) is 7.30. The fourth-order valence-electron chi connectivity index (χ4n) is 5.76. The highest BCUT2D eigenvalue weighted by molar-refractivity contribution is 6.24. The zero-order valence-electron chi connectivity index (χ0n) is 20.6. The number of aryl methyl sites for hydroxylation is 2. The number of rotatable bonds is 3. The van der Waals surface area contributed by atoms with Crippen LogP contribution >= 0.6 is 0 Å². The van der Waals surface area contributed by atoms with Crippen LogP contribution in [-0.4, -0.2) is 17.0 Å². The van der Waals surface area contributed by atoms with Crippen molar-refractivity contribution in [1.29, 1.82) is 0 Å². The molecule has 8 nitrogen and oxygen atoms in total. The number of aromatic nitrogens is 1. The van der Waals surface area contributed by atoms with Crippen LogP contribution in [0.5, 0.6) is 0 Å². The van der Waals surface area contributed by atoms with Crippen LogP contribution in [0.3, 0.4) is 0 Å². The molecule has 0 fully saturated rings. The molecule has 186 valence electrons. The molecule has 1 atom stereocenters. The maximum Gasteiger partial charge on any atom is 0.297 e. The van der Waals surface area contributed by atoms with Crippen LogP contribution in [0.15, 0.2) is 92.6 Å². The second-order valence-electron chi connectivity index (χ2n) is 9.68. The van der Waals surface area contributed by atoms with Crippen molar-refractivity contribution >= 4 is 34.3 Å². The van der Waals surface area contributed by atoms with Crippen LogP contribution in [0.2, 0.25) is 0 Å². The molecule has 0 saturated heterocycles. The van der Waals surface area contributed by atoms with Crippen LogP contribution < -0.4 is 15.2 Å². The van der Waals surface area contributed by atoms with Crippen molar-refractivity contribution in [2.45, 2.75) is 25.9 Å². The zero-order chi connectivity index (χ0) is 26.2. The lowest BCUT2D eigenvalue weighted by Gasteiger charge is -2.32. The Morgan fingerprint density at radius 2 is 1.68 bits per heavy atom. The molecule has 1 unspecified atom stereocenters. The first-order chi connectivity index (χ1) is 18.4. The van der Waals surface area contributed by atoms with Gasteiger partial charge in [0.05, 0.1) is 23.2 Å². The second kappa shape index (κ2) is 7.76. The van der Waals surface area contributed by atoms with Gasteiger partial charge in [0.25, 0.3) is 11.8 Å². The molecule has 3 aromatic carbocycles. The zero-order valence-corrected chi connectivity index (χ0v) is 20.6. The summed E-state index contributed by atoms with van der Waals surface area (Å²) in [6.07, 6.45) is 0. The van der Waals surface area contributed by atoms with Crippen molar-refractivity contribution in [2.24, 2.45) is 0 Å². The molecule has 0 saturated carbocycles. The molecule has 8 heteroatoms. The summed E-state index contributed by atoms with van der Waals surface area (Å²) < 4.78 is 11.4. The minimum absolute atomic E-state index is 0.00829. The van der Waals surface area contributed by atoms with Crippen molar-refractivity contribution < 1.29 is 18.5 Å². The monoisotopic (exact) mass is 503 g/mol. The van der Waals surface area contributed by atoms with Crippen molar-refractivity contribution in [3.05, 3.63) is 123 Å². The normalized spacial score (nSPS) is 18.1. The molecule has 0 N–H and O–H groups in total. The van der Waals surface area contributed by atoms with Gasteiger partial charge < -0.3 is 13.8 Å². The van der Waals surface area contributed by atoms with E-state index < -0.39 is 22.8 Å². The Morgan fingerprint density at radius 3 is 2.47 bits per heavy atom. The lowest BCUT2D eigenvalue weighted by molar-refractivity contribution is -0.121. The predicted octanol–water partition coefficient (Wildman–Crippen LogP) is 4.85. The highest BCUT2D eigenvalue weighted by atomic mass is 16.5. The lowest BCUT2D eigenvalue weighted by Crippen LogP contribution is -2.53. The molecule has 0 radical (unpaired) electrons. The minimum Gasteiger partial charge on any atom is -0.450 e. The summed E-state index contributed by atoms with van der Waals surface area (Å²) in [7, 11) is 0. The third kappa shape index (κ3) is 2.79. The van der Waals surface area contributed by atoms with E-state index in [0.717, 1.165) is 11.1 Å². The fraction of sp³-hybridized carbons (Fsp3) is 0.133. The van der Waals surface area contributed by atoms with Gasteiger partial charge in [-0.05, 0) is 37.6 Å². The van der Waals surface area contributed by atoms with Crippen molar-refractivity contribution in [3.63, 3.8) is 0 Å². The molecule has 5 aromatic rings. The average molecular weight is 504 g/mol. The summed E-state index contributed by atoms with van der Waals surface area (Å²) in [5.74, 6) is -0.649. The topological polar surface area (TPSA) is 96.9 Å². The maximum absolute atomic E-state index is 14.8. The number of nitrogens with zero attached hydrogens (tertiary/aromatic N) is 3. The Balaban J connectivity index is 1.56. The van der Waals surface area contributed by atoms with E-state index in [1.807, 2.05) is 43.3 Å². The van der Waals surface area contributed by atoms with E-state index in [1.54, 1.807) is 54.3 Å². The minimum atomic E-state index is -1.80. The van der Waals surface area contributed by atoms with Gasteiger partial charge in [0.2, 0.25) is 5.76 Å². The Labute approximate surface area is 216 Å². The van der Waals surface area contributed by atoms with Gasteiger partial charge in [-0.3, -0.25) is 19.3 Å². The number of carbonyl (C=O) groups excluding carboxylic acids is 2. The first-order valence-electron chi connectivity index (χ1n) is 12.2. The van der Waals surface area contributed by atoms with Crippen LogP contribution in [0.25, 0.3) is 11.0 Å². The number of amides is 2. The van der Waals surface area contributed by atoms with Gasteiger partial charge in [-0.25, -0.2) is 0 Å². The Morgan fingerprint density at radius 1 is 0.895 bits per heavy atom. The quantitative estimate of drug-likeness (QED) is 0.349. The Kier molecular flexibility index (Phi) is 4.54. The van der Waals surface area contributed by atoms with Crippen molar-refractivity contribution in [1.82, 2.24) is 5.16 Å². The van der Waals surface area contributed by atoms with Crippen molar-refractivity contribution in [2.75, 3.05) is 9.80 Å². The van der Waals surface area contributed by atoms with Gasteiger partial charge >= 0.3 is 0 Å². The van der Waals surface area contributed by atoms with E-state index in [0.29, 0.717) is 22.4 Å². The van der Waals surface area contributed by atoms with Crippen LogP contribution in [0.4, 0.5) is 11.5 Å². The molecule has 2 aliphatic heterocycles. The SMILES string of the molecule is Cc1cccc(CN2C(=O)C3(c4ccccc42)c2c(oc4ccccc4c2=O)C(=O)N3c2cc(C)on2)c1. The van der Waals surface area contributed by atoms with E-state index in [1.165, 1.54) is 4.90 Å². The van der Waals surface area contributed by atoms with Gasteiger partial charge in [0.15, 0.2) is 16.8 Å². The Hall–Kier alpha value is -4.98. The predicted molar refractivity (Wildman–Crippen MR) is 140 cm³/mol.